The van der Waals surface area contributed by atoms with Crippen LogP contribution in [0.1, 0.15) is 25.3 Å². The van der Waals surface area contributed by atoms with E-state index in [4.69, 9.17) is 0 Å². The molecule has 1 fully saturated rings. The summed E-state index contributed by atoms with van der Waals surface area (Å²) in [4.78, 5) is 3.80. The average Bonchev–Trinajstić information content (AvgIpc) is 2.37. The molecule has 0 aliphatic carbocycles. The van der Waals surface area contributed by atoms with Gasteiger partial charge >= 0.3 is 6.18 Å². The molecule has 2 N–H and O–H groups in total. The highest BCUT2D eigenvalue weighted by molar-refractivity contribution is 5.36. The third kappa shape index (κ3) is 3.83. The summed E-state index contributed by atoms with van der Waals surface area (Å²) in [6, 6.07) is 2.77. The van der Waals surface area contributed by atoms with E-state index in [0.717, 1.165) is 18.8 Å². The summed E-state index contributed by atoms with van der Waals surface area (Å²) in [7, 11) is 0. The number of anilines is 1. The molecule has 1 aliphatic heterocycles. The average molecular weight is 273 g/mol. The molecule has 1 aliphatic rings. The first kappa shape index (κ1) is 14.1. The molecule has 0 radical (unpaired) electrons. The Morgan fingerprint density at radius 2 is 2.21 bits per heavy atom. The van der Waals surface area contributed by atoms with E-state index in [9.17, 15) is 13.2 Å². The molecule has 0 amide bonds. The maximum absolute atomic E-state index is 12.4. The van der Waals surface area contributed by atoms with Crippen LogP contribution >= 0.6 is 0 Å². The lowest BCUT2D eigenvalue weighted by atomic mass is 9.93. The van der Waals surface area contributed by atoms with Crippen molar-refractivity contribution in [1.82, 2.24) is 10.3 Å². The van der Waals surface area contributed by atoms with Crippen molar-refractivity contribution in [1.29, 1.82) is 0 Å². The molecule has 19 heavy (non-hydrogen) atoms. The zero-order valence-corrected chi connectivity index (χ0v) is 10.8. The number of piperidine rings is 1. The third-order valence-electron chi connectivity index (χ3n) is 3.52. The Balaban J connectivity index is 1.89. The monoisotopic (exact) mass is 273 g/mol. The predicted molar refractivity (Wildman–Crippen MR) is 67.9 cm³/mol. The summed E-state index contributed by atoms with van der Waals surface area (Å²) >= 11 is 0. The van der Waals surface area contributed by atoms with E-state index in [0.29, 0.717) is 24.3 Å². The van der Waals surface area contributed by atoms with E-state index in [-0.39, 0.29) is 0 Å². The number of alkyl halides is 3. The molecule has 6 heteroatoms. The van der Waals surface area contributed by atoms with E-state index >= 15 is 0 Å². The Hall–Kier alpha value is -1.30. The minimum absolute atomic E-state index is 0.345. The SMILES string of the molecule is C[C@@H]1CCCNC1CNc1ccc(C(F)(F)F)cn1. The lowest BCUT2D eigenvalue weighted by molar-refractivity contribution is -0.137. The first-order chi connectivity index (χ1) is 8.97. The van der Waals surface area contributed by atoms with Gasteiger partial charge in [0, 0.05) is 18.8 Å². The van der Waals surface area contributed by atoms with Crippen LogP contribution in [0.2, 0.25) is 0 Å². The molecule has 0 bridgehead atoms. The number of aromatic nitrogens is 1. The predicted octanol–water partition coefficient (Wildman–Crippen LogP) is 2.90. The van der Waals surface area contributed by atoms with Crippen LogP contribution in [0, 0.1) is 5.92 Å². The van der Waals surface area contributed by atoms with Gasteiger partial charge in [0.15, 0.2) is 0 Å². The fourth-order valence-corrected chi connectivity index (χ4v) is 2.27. The van der Waals surface area contributed by atoms with Gasteiger partial charge in [-0.2, -0.15) is 13.2 Å². The van der Waals surface area contributed by atoms with Crippen molar-refractivity contribution in [2.75, 3.05) is 18.4 Å². The Kier molecular flexibility index (Phi) is 4.29. The fraction of sp³-hybridized carbons (Fsp3) is 0.615. The summed E-state index contributed by atoms with van der Waals surface area (Å²) in [5.74, 6) is 1.04. The van der Waals surface area contributed by atoms with E-state index < -0.39 is 11.7 Å². The van der Waals surface area contributed by atoms with Gasteiger partial charge in [-0.1, -0.05) is 6.92 Å². The molecule has 1 aromatic rings. The van der Waals surface area contributed by atoms with Crippen molar-refractivity contribution in [3.63, 3.8) is 0 Å². The normalized spacial score (nSPS) is 24.2. The molecule has 1 aromatic heterocycles. The molecule has 3 nitrogen and oxygen atoms in total. The van der Waals surface area contributed by atoms with Crippen molar-refractivity contribution in [3.8, 4) is 0 Å². The van der Waals surface area contributed by atoms with Crippen molar-refractivity contribution in [3.05, 3.63) is 23.9 Å². The maximum atomic E-state index is 12.4. The van der Waals surface area contributed by atoms with Crippen LogP contribution in [0.4, 0.5) is 19.0 Å². The number of pyridine rings is 1. The lowest BCUT2D eigenvalue weighted by Crippen LogP contribution is -2.44. The van der Waals surface area contributed by atoms with Crippen LogP contribution in [-0.2, 0) is 6.18 Å². The second-order valence-electron chi connectivity index (χ2n) is 4.99. The quantitative estimate of drug-likeness (QED) is 0.889. The molecule has 0 saturated carbocycles. The lowest BCUT2D eigenvalue weighted by Gasteiger charge is -2.30. The molecule has 0 spiro atoms. The highest BCUT2D eigenvalue weighted by Crippen LogP contribution is 2.28. The standard InChI is InChI=1S/C13H18F3N3/c1-9-3-2-6-17-11(9)8-19-12-5-4-10(7-18-12)13(14,15)16/h4-5,7,9,11,17H,2-3,6,8H2,1H3,(H,18,19)/t9-,11?/m1/s1. The summed E-state index contributed by atoms with van der Waals surface area (Å²) in [5, 5.41) is 6.49. The van der Waals surface area contributed by atoms with Gasteiger partial charge in [0.05, 0.1) is 5.56 Å². The Morgan fingerprint density at radius 1 is 1.42 bits per heavy atom. The highest BCUT2D eigenvalue weighted by atomic mass is 19.4. The molecule has 0 aromatic carbocycles. The summed E-state index contributed by atoms with van der Waals surface area (Å²) in [5.41, 5.74) is -0.720. The molecule has 1 unspecified atom stereocenters. The van der Waals surface area contributed by atoms with Gasteiger partial charge < -0.3 is 10.6 Å². The molecule has 2 heterocycles. The van der Waals surface area contributed by atoms with Crippen molar-refractivity contribution < 1.29 is 13.2 Å². The third-order valence-corrected chi connectivity index (χ3v) is 3.52. The van der Waals surface area contributed by atoms with Gasteiger partial charge in [-0.3, -0.25) is 0 Å². The van der Waals surface area contributed by atoms with Crippen LogP contribution in [-0.4, -0.2) is 24.1 Å². The van der Waals surface area contributed by atoms with Gasteiger partial charge in [0.25, 0.3) is 0 Å². The zero-order valence-electron chi connectivity index (χ0n) is 10.8. The number of hydrogen-bond acceptors (Lipinski definition) is 3. The maximum Gasteiger partial charge on any atom is 0.417 e. The smallest absolute Gasteiger partial charge is 0.369 e. The highest BCUT2D eigenvalue weighted by Gasteiger charge is 2.30. The molecular weight excluding hydrogens is 255 g/mol. The van der Waals surface area contributed by atoms with Crippen LogP contribution in [0.25, 0.3) is 0 Å². The fourth-order valence-electron chi connectivity index (χ4n) is 2.27. The number of nitrogens with zero attached hydrogens (tertiary/aromatic N) is 1. The summed E-state index contributed by atoms with van der Waals surface area (Å²) < 4.78 is 37.1. The minimum Gasteiger partial charge on any atom is -0.369 e. The van der Waals surface area contributed by atoms with Crippen LogP contribution in [0.5, 0.6) is 0 Å². The number of halogens is 3. The van der Waals surface area contributed by atoms with Crippen LogP contribution < -0.4 is 10.6 Å². The minimum atomic E-state index is -4.33. The van der Waals surface area contributed by atoms with Crippen LogP contribution in [0.15, 0.2) is 18.3 Å². The second kappa shape index (κ2) is 5.77. The van der Waals surface area contributed by atoms with Crippen LogP contribution in [0.3, 0.4) is 0 Å². The van der Waals surface area contributed by atoms with Crippen molar-refractivity contribution >= 4 is 5.82 Å². The Labute approximate surface area is 110 Å². The van der Waals surface area contributed by atoms with Gasteiger partial charge in [-0.05, 0) is 37.4 Å². The number of rotatable bonds is 3. The van der Waals surface area contributed by atoms with Crippen molar-refractivity contribution in [2.45, 2.75) is 32.0 Å². The summed E-state index contributed by atoms with van der Waals surface area (Å²) in [6.45, 7) is 3.86. The Bertz CT molecular complexity index is 403. The Morgan fingerprint density at radius 3 is 2.79 bits per heavy atom. The van der Waals surface area contributed by atoms with Gasteiger partial charge in [0.1, 0.15) is 5.82 Å². The van der Waals surface area contributed by atoms with Gasteiger partial charge in [-0.15, -0.1) is 0 Å². The van der Waals surface area contributed by atoms with Crippen molar-refractivity contribution in [2.24, 2.45) is 5.92 Å². The summed E-state index contributed by atoms with van der Waals surface area (Å²) in [6.07, 6.45) is -1.11. The van der Waals surface area contributed by atoms with E-state index in [1.807, 2.05) is 0 Å². The topological polar surface area (TPSA) is 37.0 Å². The zero-order chi connectivity index (χ0) is 13.9. The molecule has 1 saturated heterocycles. The molecule has 2 atom stereocenters. The number of hydrogen-bond donors (Lipinski definition) is 2. The first-order valence-electron chi connectivity index (χ1n) is 6.47. The van der Waals surface area contributed by atoms with Gasteiger partial charge in [-0.25, -0.2) is 4.98 Å². The second-order valence-corrected chi connectivity index (χ2v) is 4.99. The van der Waals surface area contributed by atoms with E-state index in [1.165, 1.54) is 18.9 Å². The molecule has 2 rings (SSSR count). The van der Waals surface area contributed by atoms with E-state index in [1.54, 1.807) is 0 Å². The van der Waals surface area contributed by atoms with E-state index in [2.05, 4.69) is 22.5 Å². The molecule has 106 valence electrons. The number of nitrogens with one attached hydrogen (secondary N) is 2. The first-order valence-corrected chi connectivity index (χ1v) is 6.47. The largest absolute Gasteiger partial charge is 0.417 e. The molecular formula is C13H18F3N3. The van der Waals surface area contributed by atoms with Gasteiger partial charge in [0.2, 0.25) is 0 Å².